The number of rotatable bonds is 6. The van der Waals surface area contributed by atoms with Gasteiger partial charge in [-0.05, 0) is 45.8 Å². The summed E-state index contributed by atoms with van der Waals surface area (Å²) >= 11 is 0. The van der Waals surface area contributed by atoms with Gasteiger partial charge in [-0.25, -0.2) is 0 Å². The first-order chi connectivity index (χ1) is 6.66. The van der Waals surface area contributed by atoms with Crippen molar-refractivity contribution in [1.82, 2.24) is 4.90 Å². The summed E-state index contributed by atoms with van der Waals surface area (Å²) in [5.41, 5.74) is 6.49. The van der Waals surface area contributed by atoms with Gasteiger partial charge in [0, 0.05) is 5.54 Å². The zero-order valence-electron chi connectivity index (χ0n) is 9.89. The Morgan fingerprint density at radius 3 is 2.43 bits per heavy atom. The van der Waals surface area contributed by atoms with E-state index in [1.165, 1.54) is 58.0 Å². The fourth-order valence-corrected chi connectivity index (χ4v) is 2.28. The van der Waals surface area contributed by atoms with Crippen molar-refractivity contribution >= 4 is 0 Å². The predicted molar refractivity (Wildman–Crippen MR) is 62.4 cm³/mol. The third-order valence-electron chi connectivity index (χ3n) is 3.48. The normalized spacial score (nSPS) is 20.6. The lowest BCUT2D eigenvalue weighted by Gasteiger charge is -2.26. The molecule has 0 heterocycles. The van der Waals surface area contributed by atoms with E-state index in [-0.39, 0.29) is 5.54 Å². The molecule has 0 saturated heterocycles. The molecule has 1 aliphatic carbocycles. The monoisotopic (exact) mass is 198 g/mol. The van der Waals surface area contributed by atoms with E-state index in [1.807, 2.05) is 0 Å². The molecule has 0 aromatic carbocycles. The van der Waals surface area contributed by atoms with Crippen molar-refractivity contribution in [2.45, 2.75) is 57.4 Å². The van der Waals surface area contributed by atoms with Crippen LogP contribution in [0.5, 0.6) is 0 Å². The van der Waals surface area contributed by atoms with E-state index in [9.17, 15) is 0 Å². The molecule has 0 unspecified atom stereocenters. The maximum absolute atomic E-state index is 6.31. The molecule has 0 spiro atoms. The molecule has 1 rings (SSSR count). The highest BCUT2D eigenvalue weighted by molar-refractivity contribution is 4.89. The molecule has 1 saturated carbocycles. The minimum atomic E-state index is 0.181. The van der Waals surface area contributed by atoms with Gasteiger partial charge in [0.15, 0.2) is 0 Å². The fraction of sp³-hybridized carbons (Fsp3) is 1.00. The Kier molecular flexibility index (Phi) is 4.90. The van der Waals surface area contributed by atoms with E-state index in [2.05, 4.69) is 18.9 Å². The predicted octanol–water partition coefficient (Wildman–Crippen LogP) is 2.38. The maximum atomic E-state index is 6.31. The van der Waals surface area contributed by atoms with Crippen LogP contribution in [0.3, 0.4) is 0 Å². The number of nitrogens with two attached hydrogens (primary N) is 1. The molecule has 0 aliphatic heterocycles. The van der Waals surface area contributed by atoms with Crippen LogP contribution in [0.1, 0.15) is 51.9 Å². The first-order valence-electron chi connectivity index (χ1n) is 6.14. The molecule has 0 atom stereocenters. The lowest BCUT2D eigenvalue weighted by molar-refractivity contribution is 0.276. The van der Waals surface area contributed by atoms with E-state index < -0.39 is 0 Å². The van der Waals surface area contributed by atoms with Gasteiger partial charge >= 0.3 is 0 Å². The molecule has 2 nitrogen and oxygen atoms in total. The Bertz CT molecular complexity index is 150. The van der Waals surface area contributed by atoms with Gasteiger partial charge in [-0.3, -0.25) is 0 Å². The average Bonchev–Trinajstić information content (AvgIpc) is 2.60. The smallest absolute Gasteiger partial charge is 0.0166 e. The minimum absolute atomic E-state index is 0.181. The molecule has 0 aromatic rings. The van der Waals surface area contributed by atoms with Gasteiger partial charge in [0.05, 0.1) is 0 Å². The summed E-state index contributed by atoms with van der Waals surface area (Å²) in [6.07, 6.45) is 8.97. The van der Waals surface area contributed by atoms with Gasteiger partial charge in [0.1, 0.15) is 0 Å². The highest BCUT2D eigenvalue weighted by Gasteiger charge is 2.28. The van der Waals surface area contributed by atoms with Crippen LogP contribution in [0.4, 0.5) is 0 Å². The summed E-state index contributed by atoms with van der Waals surface area (Å²) in [6.45, 7) is 4.65. The van der Waals surface area contributed by atoms with Crippen LogP contribution in [0, 0.1) is 0 Å². The summed E-state index contributed by atoms with van der Waals surface area (Å²) in [5, 5.41) is 0. The van der Waals surface area contributed by atoms with Crippen LogP contribution in [0.2, 0.25) is 0 Å². The zero-order valence-corrected chi connectivity index (χ0v) is 9.89. The van der Waals surface area contributed by atoms with Crippen LogP contribution in [0.15, 0.2) is 0 Å². The van der Waals surface area contributed by atoms with Crippen LogP contribution >= 0.6 is 0 Å². The molecular formula is C12H26N2. The molecule has 1 fully saturated rings. The Labute approximate surface area is 88.8 Å². The van der Waals surface area contributed by atoms with E-state index in [0.717, 1.165) is 0 Å². The van der Waals surface area contributed by atoms with Crippen LogP contribution < -0.4 is 5.73 Å². The van der Waals surface area contributed by atoms with E-state index in [1.54, 1.807) is 0 Å². The first kappa shape index (κ1) is 12.0. The van der Waals surface area contributed by atoms with Gasteiger partial charge in [-0.15, -0.1) is 0 Å². The number of hydrogen-bond donors (Lipinski definition) is 1. The molecule has 0 aromatic heterocycles. The highest BCUT2D eigenvalue weighted by atomic mass is 15.1. The fourth-order valence-electron chi connectivity index (χ4n) is 2.28. The zero-order chi connectivity index (χ0) is 10.4. The minimum Gasteiger partial charge on any atom is -0.325 e. The summed E-state index contributed by atoms with van der Waals surface area (Å²) < 4.78 is 0. The molecule has 14 heavy (non-hydrogen) atoms. The van der Waals surface area contributed by atoms with Crippen molar-refractivity contribution in [3.63, 3.8) is 0 Å². The van der Waals surface area contributed by atoms with Gasteiger partial charge < -0.3 is 10.6 Å². The molecular weight excluding hydrogens is 172 g/mol. The van der Waals surface area contributed by atoms with Crippen molar-refractivity contribution < 1.29 is 0 Å². The number of unbranched alkanes of at least 4 members (excludes halogenated alkanes) is 1. The number of hydrogen-bond acceptors (Lipinski definition) is 2. The Morgan fingerprint density at radius 1 is 1.21 bits per heavy atom. The van der Waals surface area contributed by atoms with Gasteiger partial charge in [0.2, 0.25) is 0 Å². The van der Waals surface area contributed by atoms with Gasteiger partial charge in [-0.1, -0.05) is 26.2 Å². The van der Waals surface area contributed by atoms with Gasteiger partial charge in [0.25, 0.3) is 0 Å². The third kappa shape index (κ3) is 3.97. The summed E-state index contributed by atoms with van der Waals surface area (Å²) in [4.78, 5) is 2.43. The van der Waals surface area contributed by atoms with Crippen molar-refractivity contribution in [3.8, 4) is 0 Å². The topological polar surface area (TPSA) is 29.3 Å². The first-order valence-corrected chi connectivity index (χ1v) is 6.14. The van der Waals surface area contributed by atoms with Crippen molar-refractivity contribution in [1.29, 1.82) is 0 Å². The van der Waals surface area contributed by atoms with Gasteiger partial charge in [-0.2, -0.15) is 0 Å². The molecule has 84 valence electrons. The largest absolute Gasteiger partial charge is 0.325 e. The second kappa shape index (κ2) is 5.72. The summed E-state index contributed by atoms with van der Waals surface area (Å²) in [6, 6.07) is 0. The van der Waals surface area contributed by atoms with Crippen molar-refractivity contribution in [2.75, 3.05) is 20.1 Å². The quantitative estimate of drug-likeness (QED) is 0.710. The maximum Gasteiger partial charge on any atom is 0.0166 e. The molecule has 2 N–H and O–H groups in total. The van der Waals surface area contributed by atoms with Crippen molar-refractivity contribution in [2.24, 2.45) is 5.73 Å². The molecule has 1 aliphatic rings. The lowest BCUT2D eigenvalue weighted by Crippen LogP contribution is -2.40. The van der Waals surface area contributed by atoms with E-state index in [4.69, 9.17) is 5.73 Å². The van der Waals surface area contributed by atoms with E-state index in [0.29, 0.717) is 0 Å². The molecule has 2 heteroatoms. The molecule has 0 bridgehead atoms. The molecule has 0 amide bonds. The average molecular weight is 198 g/mol. The van der Waals surface area contributed by atoms with Crippen molar-refractivity contribution in [3.05, 3.63) is 0 Å². The lowest BCUT2D eigenvalue weighted by atomic mass is 9.94. The number of nitrogens with zero attached hydrogens (tertiary/aromatic N) is 1. The second-order valence-electron chi connectivity index (χ2n) is 4.98. The second-order valence-corrected chi connectivity index (χ2v) is 4.98. The summed E-state index contributed by atoms with van der Waals surface area (Å²) in [5.74, 6) is 0. The van der Waals surface area contributed by atoms with Crippen LogP contribution in [-0.4, -0.2) is 30.6 Å². The van der Waals surface area contributed by atoms with Crippen LogP contribution in [0.25, 0.3) is 0 Å². The third-order valence-corrected chi connectivity index (χ3v) is 3.48. The Morgan fingerprint density at radius 2 is 1.86 bits per heavy atom. The summed E-state index contributed by atoms with van der Waals surface area (Å²) in [7, 11) is 2.22. The van der Waals surface area contributed by atoms with E-state index >= 15 is 0 Å². The SMILES string of the molecule is CCCCN(C)CCC1(N)CCCC1. The standard InChI is InChI=1S/C12H26N2/c1-3-4-10-14(2)11-9-12(13)7-5-6-8-12/h3-11,13H2,1-2H3. The Balaban J connectivity index is 2.12. The molecule has 0 radical (unpaired) electrons. The Hall–Kier alpha value is -0.0800. The van der Waals surface area contributed by atoms with Crippen LogP contribution in [-0.2, 0) is 0 Å². The highest BCUT2D eigenvalue weighted by Crippen LogP contribution is 2.29.